The van der Waals surface area contributed by atoms with E-state index in [2.05, 4.69) is 0 Å². The van der Waals surface area contributed by atoms with E-state index in [1.807, 2.05) is 6.07 Å². The van der Waals surface area contributed by atoms with E-state index in [0.717, 1.165) is 0 Å². The molecule has 0 saturated heterocycles. The highest BCUT2D eigenvalue weighted by atomic mass is 19.4. The topological polar surface area (TPSA) is 49.8 Å². The lowest BCUT2D eigenvalue weighted by Gasteiger charge is -2.15. The maximum absolute atomic E-state index is 12.1. The van der Waals surface area contributed by atoms with E-state index >= 15 is 0 Å². The quantitative estimate of drug-likeness (QED) is 0.818. The van der Waals surface area contributed by atoms with Crippen molar-refractivity contribution in [1.29, 1.82) is 5.26 Å². The van der Waals surface area contributed by atoms with Gasteiger partial charge in [0.15, 0.2) is 0 Å². The second kappa shape index (κ2) is 4.32. The number of rotatable bonds is 2. The van der Waals surface area contributed by atoms with Crippen LogP contribution >= 0.6 is 0 Å². The maximum atomic E-state index is 12.1. The van der Waals surface area contributed by atoms with Crippen LogP contribution in [-0.2, 0) is 6.42 Å². The molecule has 0 bridgehead atoms. The molecule has 2 N–H and O–H groups in total. The van der Waals surface area contributed by atoms with Crippen LogP contribution in [0.15, 0.2) is 24.3 Å². The standard InChI is InChI=1S/C10H9F3N2/c11-10(12,13)9(15)5-7-1-3-8(6-14)4-2-7/h1-4,9H,5,15H2/t9-/m0/s1. The summed E-state index contributed by atoms with van der Waals surface area (Å²) >= 11 is 0. The van der Waals surface area contributed by atoms with Gasteiger partial charge in [-0.15, -0.1) is 0 Å². The summed E-state index contributed by atoms with van der Waals surface area (Å²) in [6.45, 7) is 0. The zero-order valence-electron chi connectivity index (χ0n) is 7.75. The Morgan fingerprint density at radius 2 is 1.80 bits per heavy atom. The second-order valence-corrected chi connectivity index (χ2v) is 3.16. The average molecular weight is 214 g/mol. The zero-order valence-corrected chi connectivity index (χ0v) is 7.75. The number of hydrogen-bond donors (Lipinski definition) is 1. The normalized spacial score (nSPS) is 13.3. The van der Waals surface area contributed by atoms with Crippen LogP contribution < -0.4 is 5.73 Å². The number of halogens is 3. The van der Waals surface area contributed by atoms with Crippen LogP contribution in [0.5, 0.6) is 0 Å². The highest BCUT2D eigenvalue weighted by molar-refractivity contribution is 5.31. The van der Waals surface area contributed by atoms with Crippen molar-refractivity contribution in [2.75, 3.05) is 0 Å². The van der Waals surface area contributed by atoms with E-state index in [-0.39, 0.29) is 6.42 Å². The molecule has 0 aliphatic rings. The minimum Gasteiger partial charge on any atom is -0.320 e. The van der Waals surface area contributed by atoms with Crippen LogP contribution in [0.2, 0.25) is 0 Å². The third-order valence-corrected chi connectivity index (χ3v) is 1.96. The first-order valence-electron chi connectivity index (χ1n) is 4.25. The van der Waals surface area contributed by atoms with E-state index < -0.39 is 12.2 Å². The Hall–Kier alpha value is -1.54. The molecule has 0 amide bonds. The van der Waals surface area contributed by atoms with Crippen LogP contribution in [0.1, 0.15) is 11.1 Å². The minimum atomic E-state index is -4.38. The summed E-state index contributed by atoms with van der Waals surface area (Å²) in [4.78, 5) is 0. The third kappa shape index (κ3) is 3.26. The van der Waals surface area contributed by atoms with Crippen molar-refractivity contribution in [3.05, 3.63) is 35.4 Å². The van der Waals surface area contributed by atoms with Crippen molar-refractivity contribution in [3.63, 3.8) is 0 Å². The van der Waals surface area contributed by atoms with Crippen molar-refractivity contribution < 1.29 is 13.2 Å². The van der Waals surface area contributed by atoms with Gasteiger partial charge < -0.3 is 5.73 Å². The summed E-state index contributed by atoms with van der Waals surface area (Å²) in [6, 6.07) is 5.92. The fourth-order valence-electron chi connectivity index (χ4n) is 1.09. The van der Waals surface area contributed by atoms with Gasteiger partial charge in [-0.05, 0) is 24.1 Å². The first-order chi connectivity index (χ1) is 6.93. The summed E-state index contributed by atoms with van der Waals surface area (Å²) in [5.74, 6) is 0. The molecule has 15 heavy (non-hydrogen) atoms. The fraction of sp³-hybridized carbons (Fsp3) is 0.300. The molecule has 0 fully saturated rings. The van der Waals surface area contributed by atoms with Gasteiger partial charge in [-0.3, -0.25) is 0 Å². The second-order valence-electron chi connectivity index (χ2n) is 3.16. The lowest BCUT2D eigenvalue weighted by Crippen LogP contribution is -2.39. The molecule has 1 aromatic carbocycles. The van der Waals surface area contributed by atoms with Crippen LogP contribution in [0.3, 0.4) is 0 Å². The highest BCUT2D eigenvalue weighted by Crippen LogP contribution is 2.21. The van der Waals surface area contributed by atoms with Gasteiger partial charge in [-0.2, -0.15) is 18.4 Å². The predicted octanol–water partition coefficient (Wildman–Crippen LogP) is 1.99. The van der Waals surface area contributed by atoms with Crippen LogP contribution in [0.4, 0.5) is 13.2 Å². The summed E-state index contributed by atoms with van der Waals surface area (Å²) in [7, 11) is 0. The molecule has 0 aromatic heterocycles. The Morgan fingerprint density at radius 1 is 1.27 bits per heavy atom. The molecule has 1 rings (SSSR count). The van der Waals surface area contributed by atoms with E-state index in [0.29, 0.717) is 11.1 Å². The van der Waals surface area contributed by atoms with Gasteiger partial charge >= 0.3 is 6.18 Å². The summed E-state index contributed by atoms with van der Waals surface area (Å²) in [5, 5.41) is 8.48. The van der Waals surface area contributed by atoms with Gasteiger partial charge in [0.1, 0.15) is 6.04 Å². The van der Waals surface area contributed by atoms with E-state index in [1.165, 1.54) is 24.3 Å². The lowest BCUT2D eigenvalue weighted by atomic mass is 10.0. The van der Waals surface area contributed by atoms with Crippen LogP contribution in [0, 0.1) is 11.3 Å². The Balaban J connectivity index is 2.70. The lowest BCUT2D eigenvalue weighted by molar-refractivity contribution is -0.147. The zero-order chi connectivity index (χ0) is 11.5. The Labute approximate surface area is 85.1 Å². The van der Waals surface area contributed by atoms with Gasteiger partial charge in [0.05, 0.1) is 11.6 Å². The van der Waals surface area contributed by atoms with Gasteiger partial charge in [0, 0.05) is 0 Å². The maximum Gasteiger partial charge on any atom is 0.403 e. The molecule has 5 heteroatoms. The molecule has 80 valence electrons. The molecule has 0 spiro atoms. The molecule has 0 aliphatic heterocycles. The van der Waals surface area contributed by atoms with Crippen molar-refractivity contribution in [2.45, 2.75) is 18.6 Å². The minimum absolute atomic E-state index is 0.269. The van der Waals surface area contributed by atoms with Crippen LogP contribution in [0.25, 0.3) is 0 Å². The van der Waals surface area contributed by atoms with E-state index in [4.69, 9.17) is 11.0 Å². The summed E-state index contributed by atoms with van der Waals surface area (Å²) in [6.07, 6.45) is -4.65. The molecule has 0 aliphatic carbocycles. The number of benzene rings is 1. The first-order valence-corrected chi connectivity index (χ1v) is 4.25. The number of nitrogens with zero attached hydrogens (tertiary/aromatic N) is 1. The summed E-state index contributed by atoms with van der Waals surface area (Å²) in [5.41, 5.74) is 5.85. The number of alkyl halides is 3. The smallest absolute Gasteiger partial charge is 0.320 e. The molecule has 0 radical (unpaired) electrons. The van der Waals surface area contributed by atoms with Crippen molar-refractivity contribution in [2.24, 2.45) is 5.73 Å². The van der Waals surface area contributed by atoms with Gasteiger partial charge in [0.25, 0.3) is 0 Å². The SMILES string of the molecule is N#Cc1ccc(C[C@H](N)C(F)(F)F)cc1. The fourth-order valence-corrected chi connectivity index (χ4v) is 1.09. The molecule has 1 aromatic rings. The highest BCUT2D eigenvalue weighted by Gasteiger charge is 2.36. The van der Waals surface area contributed by atoms with Crippen molar-refractivity contribution in [1.82, 2.24) is 0 Å². The Kier molecular flexibility index (Phi) is 3.32. The van der Waals surface area contributed by atoms with E-state index in [1.54, 1.807) is 0 Å². The van der Waals surface area contributed by atoms with Gasteiger partial charge in [0.2, 0.25) is 0 Å². The van der Waals surface area contributed by atoms with Crippen molar-refractivity contribution in [3.8, 4) is 6.07 Å². The Morgan fingerprint density at radius 3 is 2.20 bits per heavy atom. The van der Waals surface area contributed by atoms with Gasteiger partial charge in [-0.25, -0.2) is 0 Å². The molecule has 0 unspecified atom stereocenters. The first kappa shape index (κ1) is 11.5. The molecular formula is C10H9F3N2. The molecule has 0 heterocycles. The van der Waals surface area contributed by atoms with E-state index in [9.17, 15) is 13.2 Å². The molecule has 1 atom stereocenters. The summed E-state index contributed by atoms with van der Waals surface area (Å²) < 4.78 is 36.3. The number of hydrogen-bond acceptors (Lipinski definition) is 2. The largest absolute Gasteiger partial charge is 0.403 e. The third-order valence-electron chi connectivity index (χ3n) is 1.96. The number of nitrogens with two attached hydrogens (primary N) is 1. The number of nitriles is 1. The van der Waals surface area contributed by atoms with Crippen LogP contribution in [-0.4, -0.2) is 12.2 Å². The molecule has 2 nitrogen and oxygen atoms in total. The van der Waals surface area contributed by atoms with Crippen molar-refractivity contribution >= 4 is 0 Å². The average Bonchev–Trinajstić information content (AvgIpc) is 2.17. The predicted molar refractivity (Wildman–Crippen MR) is 48.9 cm³/mol. The Bertz CT molecular complexity index is 362. The monoisotopic (exact) mass is 214 g/mol. The molecule has 0 saturated carbocycles. The van der Waals surface area contributed by atoms with Gasteiger partial charge in [-0.1, -0.05) is 12.1 Å². The molecular weight excluding hydrogens is 205 g/mol.